The molecule has 0 aliphatic heterocycles. The molecule has 0 saturated heterocycles. The van der Waals surface area contributed by atoms with Gasteiger partial charge in [-0.3, -0.25) is 5.43 Å². The number of anilines is 1. The third-order valence-electron chi connectivity index (χ3n) is 4.65. The van der Waals surface area contributed by atoms with E-state index in [1.807, 2.05) is 0 Å². The van der Waals surface area contributed by atoms with Crippen molar-refractivity contribution in [3.05, 3.63) is 57.9 Å². The standard InChI is InChI=1S/C20H18ClF4N3O2/c1-3-11-12(4-2)19(30)28(18(11)29)27-16-8-6-13(20(23,24)25)17(26-16)10-5-7-15(22)14(21)9-10/h5-9,29-30H,3-4H2,1-2H3,(H,26,27). The molecule has 0 amide bonds. The first kappa shape index (κ1) is 21.8. The molecule has 0 spiro atoms. The molecule has 0 unspecified atom stereocenters. The summed E-state index contributed by atoms with van der Waals surface area (Å²) in [5, 5.41) is 20.4. The monoisotopic (exact) mass is 443 g/mol. The smallest absolute Gasteiger partial charge is 0.418 e. The summed E-state index contributed by atoms with van der Waals surface area (Å²) in [6, 6.07) is 5.00. The molecule has 0 radical (unpaired) electrons. The molecule has 160 valence electrons. The number of halogens is 5. The Balaban J connectivity index is 2.13. The Labute approximate surface area is 174 Å². The van der Waals surface area contributed by atoms with Gasteiger partial charge in [0.05, 0.1) is 16.3 Å². The van der Waals surface area contributed by atoms with Crippen LogP contribution >= 0.6 is 11.6 Å². The largest absolute Gasteiger partial charge is 0.493 e. The van der Waals surface area contributed by atoms with Gasteiger partial charge in [0, 0.05) is 16.7 Å². The van der Waals surface area contributed by atoms with Gasteiger partial charge < -0.3 is 10.2 Å². The minimum atomic E-state index is -4.72. The van der Waals surface area contributed by atoms with Gasteiger partial charge in [-0.15, -0.1) is 0 Å². The molecule has 0 atom stereocenters. The molecule has 0 aliphatic rings. The van der Waals surface area contributed by atoms with Gasteiger partial charge in [0.25, 0.3) is 0 Å². The number of alkyl halides is 3. The number of hydrogen-bond acceptors (Lipinski definition) is 4. The van der Waals surface area contributed by atoms with Gasteiger partial charge in [-0.2, -0.15) is 17.8 Å². The summed E-state index contributed by atoms with van der Waals surface area (Å²) in [6.07, 6.45) is -3.84. The topological polar surface area (TPSA) is 70.3 Å². The molecule has 3 N–H and O–H groups in total. The summed E-state index contributed by atoms with van der Waals surface area (Å²) in [4.78, 5) is 3.99. The number of pyridine rings is 1. The Kier molecular flexibility index (Phi) is 5.85. The summed E-state index contributed by atoms with van der Waals surface area (Å²) >= 11 is 5.72. The fourth-order valence-electron chi connectivity index (χ4n) is 3.22. The number of nitrogens with zero attached hydrogens (tertiary/aromatic N) is 2. The van der Waals surface area contributed by atoms with Crippen molar-refractivity contribution >= 4 is 17.4 Å². The zero-order valence-electron chi connectivity index (χ0n) is 16.0. The molecule has 2 heterocycles. The van der Waals surface area contributed by atoms with Crippen LogP contribution in [0.3, 0.4) is 0 Å². The second kappa shape index (κ2) is 8.06. The molecule has 3 rings (SSSR count). The Bertz CT molecular complexity index is 1070. The van der Waals surface area contributed by atoms with Gasteiger partial charge in [0.2, 0.25) is 11.8 Å². The molecule has 5 nitrogen and oxygen atoms in total. The summed E-state index contributed by atoms with van der Waals surface area (Å²) in [5.74, 6) is -1.38. The first-order valence-electron chi connectivity index (χ1n) is 9.03. The average molecular weight is 444 g/mol. The Hall–Kier alpha value is -2.94. The van der Waals surface area contributed by atoms with Gasteiger partial charge in [-0.1, -0.05) is 25.4 Å². The van der Waals surface area contributed by atoms with Crippen LogP contribution < -0.4 is 5.43 Å². The number of aromatic nitrogens is 2. The molecule has 30 heavy (non-hydrogen) atoms. The Morgan fingerprint density at radius 2 is 1.63 bits per heavy atom. The second-order valence-corrected chi connectivity index (χ2v) is 6.89. The summed E-state index contributed by atoms with van der Waals surface area (Å²) in [5.41, 5.74) is 2.08. The third kappa shape index (κ3) is 3.89. The SMILES string of the molecule is CCc1c(CC)c(O)n(Nc2ccc(C(F)(F)F)c(-c3ccc(F)c(Cl)c3)n2)c1O. The lowest BCUT2D eigenvalue weighted by Gasteiger charge is -2.16. The van der Waals surface area contributed by atoms with Gasteiger partial charge in [-0.25, -0.2) is 9.37 Å². The van der Waals surface area contributed by atoms with Crippen LogP contribution in [0.2, 0.25) is 5.02 Å². The minimum absolute atomic E-state index is 0.0400. The minimum Gasteiger partial charge on any atom is -0.493 e. The van der Waals surface area contributed by atoms with Crippen molar-refractivity contribution in [3.63, 3.8) is 0 Å². The van der Waals surface area contributed by atoms with Crippen LogP contribution in [0, 0.1) is 5.82 Å². The molecule has 0 aliphatic carbocycles. The molecule has 0 bridgehead atoms. The van der Waals surface area contributed by atoms with Crippen LogP contribution in [0.15, 0.2) is 30.3 Å². The average Bonchev–Trinajstić information content (AvgIpc) is 2.92. The summed E-state index contributed by atoms with van der Waals surface area (Å²) < 4.78 is 54.9. The van der Waals surface area contributed by atoms with E-state index in [1.54, 1.807) is 13.8 Å². The fraction of sp³-hybridized carbons (Fsp3) is 0.250. The molecular weight excluding hydrogens is 426 g/mol. The second-order valence-electron chi connectivity index (χ2n) is 6.48. The van der Waals surface area contributed by atoms with E-state index >= 15 is 0 Å². The molecule has 0 saturated carbocycles. The van der Waals surface area contributed by atoms with Crippen molar-refractivity contribution in [3.8, 4) is 23.0 Å². The lowest BCUT2D eigenvalue weighted by molar-refractivity contribution is -0.137. The third-order valence-corrected chi connectivity index (χ3v) is 4.94. The van der Waals surface area contributed by atoms with Crippen LogP contribution in [-0.2, 0) is 19.0 Å². The number of aromatic hydroxyl groups is 2. The van der Waals surface area contributed by atoms with Crippen LogP contribution in [0.1, 0.15) is 30.5 Å². The highest BCUT2D eigenvalue weighted by Crippen LogP contribution is 2.39. The Morgan fingerprint density at radius 3 is 2.13 bits per heavy atom. The van der Waals surface area contributed by atoms with Gasteiger partial charge in [-0.05, 0) is 43.2 Å². The quantitative estimate of drug-likeness (QED) is 0.438. The maximum Gasteiger partial charge on any atom is 0.418 e. The van der Waals surface area contributed by atoms with Crippen molar-refractivity contribution in [2.24, 2.45) is 0 Å². The van der Waals surface area contributed by atoms with E-state index in [0.29, 0.717) is 24.0 Å². The Morgan fingerprint density at radius 1 is 1.03 bits per heavy atom. The maximum absolute atomic E-state index is 13.5. The maximum atomic E-state index is 13.5. The van der Waals surface area contributed by atoms with Crippen molar-refractivity contribution in [1.29, 1.82) is 0 Å². The normalized spacial score (nSPS) is 11.7. The molecule has 1 aromatic carbocycles. The van der Waals surface area contributed by atoms with Crippen LogP contribution in [0.25, 0.3) is 11.3 Å². The predicted octanol–water partition coefficient (Wildman–Crippen LogP) is 5.77. The van der Waals surface area contributed by atoms with Crippen LogP contribution in [-0.4, -0.2) is 19.9 Å². The summed E-state index contributed by atoms with van der Waals surface area (Å²) in [7, 11) is 0. The van der Waals surface area contributed by atoms with Crippen molar-refractivity contribution in [2.75, 3.05) is 5.43 Å². The van der Waals surface area contributed by atoms with Crippen molar-refractivity contribution < 1.29 is 27.8 Å². The molecule has 3 aromatic rings. The van der Waals surface area contributed by atoms with E-state index in [2.05, 4.69) is 10.4 Å². The predicted molar refractivity (Wildman–Crippen MR) is 105 cm³/mol. The lowest BCUT2D eigenvalue weighted by atomic mass is 10.1. The first-order valence-corrected chi connectivity index (χ1v) is 9.41. The van der Waals surface area contributed by atoms with Gasteiger partial charge >= 0.3 is 6.18 Å². The van der Waals surface area contributed by atoms with E-state index < -0.39 is 23.3 Å². The number of rotatable bonds is 5. The van der Waals surface area contributed by atoms with Crippen molar-refractivity contribution in [2.45, 2.75) is 32.9 Å². The zero-order chi connectivity index (χ0) is 22.2. The van der Waals surface area contributed by atoms with E-state index in [1.165, 1.54) is 0 Å². The van der Waals surface area contributed by atoms with E-state index in [-0.39, 0.29) is 28.2 Å². The number of benzene rings is 1. The molecule has 10 heteroatoms. The fourth-order valence-corrected chi connectivity index (χ4v) is 3.40. The van der Waals surface area contributed by atoms with Gasteiger partial charge in [0.15, 0.2) is 0 Å². The molecular formula is C20H18ClF4N3O2. The lowest BCUT2D eigenvalue weighted by Crippen LogP contribution is -2.13. The molecule has 0 fully saturated rings. The highest BCUT2D eigenvalue weighted by molar-refractivity contribution is 6.31. The van der Waals surface area contributed by atoms with Crippen LogP contribution in [0.5, 0.6) is 11.8 Å². The molecule has 2 aromatic heterocycles. The van der Waals surface area contributed by atoms with Crippen molar-refractivity contribution in [1.82, 2.24) is 9.66 Å². The van der Waals surface area contributed by atoms with Crippen LogP contribution in [0.4, 0.5) is 23.4 Å². The number of hydrogen-bond donors (Lipinski definition) is 3. The zero-order valence-corrected chi connectivity index (χ0v) is 16.7. The highest BCUT2D eigenvalue weighted by atomic mass is 35.5. The van der Waals surface area contributed by atoms with E-state index in [4.69, 9.17) is 11.6 Å². The summed E-state index contributed by atoms with van der Waals surface area (Å²) in [6.45, 7) is 3.59. The van der Waals surface area contributed by atoms with E-state index in [0.717, 1.165) is 35.0 Å². The van der Waals surface area contributed by atoms with Gasteiger partial charge in [0.1, 0.15) is 11.6 Å². The van der Waals surface area contributed by atoms with E-state index in [9.17, 15) is 27.8 Å². The highest BCUT2D eigenvalue weighted by Gasteiger charge is 2.35. The number of nitrogens with one attached hydrogen (secondary N) is 1. The first-order chi connectivity index (χ1) is 14.1.